The lowest BCUT2D eigenvalue weighted by Gasteiger charge is -2.11. The number of aryl methyl sites for hydroxylation is 3. The van der Waals surface area contributed by atoms with E-state index in [9.17, 15) is 4.79 Å². The van der Waals surface area contributed by atoms with E-state index in [1.807, 2.05) is 32.9 Å². The molecule has 0 aromatic heterocycles. The maximum absolute atomic E-state index is 12.6. The average Bonchev–Trinajstić information content (AvgIpc) is 2.31. The van der Waals surface area contributed by atoms with Gasteiger partial charge in [-0.25, -0.2) is 0 Å². The van der Waals surface area contributed by atoms with Crippen LogP contribution in [0.25, 0.3) is 0 Å². The first kappa shape index (κ1) is 13.8. The summed E-state index contributed by atoms with van der Waals surface area (Å²) in [5.41, 5.74) is 11.0. The third-order valence-electron chi connectivity index (χ3n) is 3.16. The second-order valence-electron chi connectivity index (χ2n) is 4.84. The van der Waals surface area contributed by atoms with Gasteiger partial charge >= 0.3 is 0 Å². The summed E-state index contributed by atoms with van der Waals surface area (Å²) in [6.07, 6.45) is 0. The lowest BCUT2D eigenvalue weighted by atomic mass is 9.93. The number of nitrogens with two attached hydrogens (primary N) is 1. The van der Waals surface area contributed by atoms with Gasteiger partial charge in [0.25, 0.3) is 0 Å². The fraction of sp³-hybridized carbons (Fsp3) is 0.188. The van der Waals surface area contributed by atoms with Crippen molar-refractivity contribution in [3.63, 3.8) is 0 Å². The highest BCUT2D eigenvalue weighted by atomic mass is 79.9. The minimum Gasteiger partial charge on any atom is -0.398 e. The summed E-state index contributed by atoms with van der Waals surface area (Å²) in [5.74, 6) is 0.0224. The van der Waals surface area contributed by atoms with Gasteiger partial charge in [-0.2, -0.15) is 0 Å². The monoisotopic (exact) mass is 317 g/mol. The van der Waals surface area contributed by atoms with Gasteiger partial charge in [-0.1, -0.05) is 17.7 Å². The first-order chi connectivity index (χ1) is 8.90. The van der Waals surface area contributed by atoms with Gasteiger partial charge in [0.15, 0.2) is 5.78 Å². The summed E-state index contributed by atoms with van der Waals surface area (Å²) in [6.45, 7) is 5.97. The van der Waals surface area contributed by atoms with E-state index in [2.05, 4.69) is 15.9 Å². The Morgan fingerprint density at radius 1 is 1.05 bits per heavy atom. The quantitative estimate of drug-likeness (QED) is 0.666. The predicted octanol–water partition coefficient (Wildman–Crippen LogP) is 4.19. The van der Waals surface area contributed by atoms with Crippen LogP contribution in [-0.2, 0) is 0 Å². The smallest absolute Gasteiger partial charge is 0.193 e. The van der Waals surface area contributed by atoms with Crippen LogP contribution in [0.4, 0.5) is 5.69 Å². The van der Waals surface area contributed by atoms with Gasteiger partial charge in [0.2, 0.25) is 0 Å². The maximum atomic E-state index is 12.6. The van der Waals surface area contributed by atoms with Crippen LogP contribution in [-0.4, -0.2) is 5.78 Å². The van der Waals surface area contributed by atoms with Gasteiger partial charge in [-0.15, -0.1) is 0 Å². The van der Waals surface area contributed by atoms with Gasteiger partial charge in [-0.05, 0) is 66.0 Å². The highest BCUT2D eigenvalue weighted by molar-refractivity contribution is 9.10. The highest BCUT2D eigenvalue weighted by Crippen LogP contribution is 2.24. The van der Waals surface area contributed by atoms with Gasteiger partial charge in [0.1, 0.15) is 0 Å². The molecule has 0 aliphatic heterocycles. The summed E-state index contributed by atoms with van der Waals surface area (Å²) in [6, 6.07) is 9.37. The van der Waals surface area contributed by atoms with Crippen molar-refractivity contribution >= 4 is 27.4 Å². The van der Waals surface area contributed by atoms with Crippen molar-refractivity contribution in [2.75, 3.05) is 5.73 Å². The molecule has 2 aromatic carbocycles. The van der Waals surface area contributed by atoms with Crippen LogP contribution in [0, 0.1) is 20.8 Å². The zero-order valence-corrected chi connectivity index (χ0v) is 12.8. The minimum atomic E-state index is 0.0224. The number of hydrogen-bond acceptors (Lipinski definition) is 2. The standard InChI is InChI=1S/C16H16BrNO/c1-9-6-10(2)15(11(3)7-9)16(19)12-4-5-13(17)14(18)8-12/h4-8H,18H2,1-3H3. The van der Waals surface area contributed by atoms with E-state index in [0.717, 1.165) is 21.2 Å². The van der Waals surface area contributed by atoms with E-state index in [0.29, 0.717) is 11.3 Å². The van der Waals surface area contributed by atoms with Crippen molar-refractivity contribution in [2.24, 2.45) is 0 Å². The Morgan fingerprint density at radius 3 is 2.16 bits per heavy atom. The lowest BCUT2D eigenvalue weighted by Crippen LogP contribution is -2.07. The molecule has 2 N–H and O–H groups in total. The molecule has 2 rings (SSSR count). The van der Waals surface area contributed by atoms with Crippen molar-refractivity contribution in [1.82, 2.24) is 0 Å². The number of carbonyl (C=O) groups excluding carboxylic acids is 1. The molecule has 0 atom stereocenters. The van der Waals surface area contributed by atoms with Crippen molar-refractivity contribution in [1.29, 1.82) is 0 Å². The predicted molar refractivity (Wildman–Crippen MR) is 82.6 cm³/mol. The molecule has 0 unspecified atom stereocenters. The van der Waals surface area contributed by atoms with Crippen molar-refractivity contribution in [3.05, 3.63) is 62.6 Å². The van der Waals surface area contributed by atoms with Crippen LogP contribution in [0.5, 0.6) is 0 Å². The zero-order valence-electron chi connectivity index (χ0n) is 11.3. The Balaban J connectivity index is 2.53. The largest absolute Gasteiger partial charge is 0.398 e. The van der Waals surface area contributed by atoms with Crippen molar-refractivity contribution < 1.29 is 4.79 Å². The normalized spacial score (nSPS) is 10.5. The van der Waals surface area contributed by atoms with Gasteiger partial charge in [0.05, 0.1) is 0 Å². The van der Waals surface area contributed by atoms with Gasteiger partial charge in [0, 0.05) is 21.3 Å². The molecule has 0 radical (unpaired) electrons. The van der Waals surface area contributed by atoms with Crippen molar-refractivity contribution in [3.8, 4) is 0 Å². The fourth-order valence-electron chi connectivity index (χ4n) is 2.37. The van der Waals surface area contributed by atoms with Crippen LogP contribution in [0.3, 0.4) is 0 Å². The molecule has 0 saturated heterocycles. The summed E-state index contributed by atoms with van der Waals surface area (Å²) < 4.78 is 0.807. The molecule has 3 heteroatoms. The van der Waals surface area contributed by atoms with E-state index in [4.69, 9.17) is 5.73 Å². The van der Waals surface area contributed by atoms with E-state index < -0.39 is 0 Å². The molecule has 0 spiro atoms. The Bertz CT molecular complexity index is 639. The second kappa shape index (κ2) is 5.17. The number of benzene rings is 2. The van der Waals surface area contributed by atoms with E-state index in [-0.39, 0.29) is 5.78 Å². The maximum Gasteiger partial charge on any atom is 0.193 e. The SMILES string of the molecule is Cc1cc(C)c(C(=O)c2ccc(Br)c(N)c2)c(C)c1. The number of anilines is 1. The van der Waals surface area contributed by atoms with E-state index in [1.54, 1.807) is 18.2 Å². The average molecular weight is 318 g/mol. The molecule has 19 heavy (non-hydrogen) atoms. The molecule has 0 amide bonds. The number of nitrogen functional groups attached to an aromatic ring is 1. The molecule has 2 aromatic rings. The molecule has 0 fully saturated rings. The molecular weight excluding hydrogens is 302 g/mol. The number of carbonyl (C=O) groups is 1. The summed E-state index contributed by atoms with van der Waals surface area (Å²) >= 11 is 3.34. The summed E-state index contributed by atoms with van der Waals surface area (Å²) in [7, 11) is 0. The topological polar surface area (TPSA) is 43.1 Å². The molecule has 0 bridgehead atoms. The molecular formula is C16H16BrNO. The lowest BCUT2D eigenvalue weighted by molar-refractivity contribution is 0.103. The fourth-order valence-corrected chi connectivity index (χ4v) is 2.61. The van der Waals surface area contributed by atoms with Crippen LogP contribution < -0.4 is 5.73 Å². The highest BCUT2D eigenvalue weighted by Gasteiger charge is 2.15. The number of hydrogen-bond donors (Lipinski definition) is 1. The third-order valence-corrected chi connectivity index (χ3v) is 3.88. The molecule has 0 aliphatic rings. The van der Waals surface area contributed by atoms with Crippen LogP contribution in [0.1, 0.15) is 32.6 Å². The Kier molecular flexibility index (Phi) is 3.76. The number of rotatable bonds is 2. The molecule has 0 saturated carbocycles. The summed E-state index contributed by atoms with van der Waals surface area (Å²) in [5, 5.41) is 0. The molecule has 0 aliphatic carbocycles. The molecule has 0 heterocycles. The Labute approximate surface area is 121 Å². The van der Waals surface area contributed by atoms with E-state index in [1.165, 1.54) is 5.56 Å². The number of ketones is 1. The Morgan fingerprint density at radius 2 is 1.63 bits per heavy atom. The first-order valence-corrected chi connectivity index (χ1v) is 6.87. The summed E-state index contributed by atoms with van der Waals surface area (Å²) in [4.78, 5) is 12.6. The van der Waals surface area contributed by atoms with Crippen LogP contribution in [0.2, 0.25) is 0 Å². The van der Waals surface area contributed by atoms with E-state index >= 15 is 0 Å². The second-order valence-corrected chi connectivity index (χ2v) is 5.69. The minimum absolute atomic E-state index is 0.0224. The Hall–Kier alpha value is -1.61. The zero-order chi connectivity index (χ0) is 14.2. The van der Waals surface area contributed by atoms with Crippen LogP contribution in [0.15, 0.2) is 34.8 Å². The van der Waals surface area contributed by atoms with Crippen LogP contribution >= 0.6 is 15.9 Å². The molecule has 2 nitrogen and oxygen atoms in total. The first-order valence-electron chi connectivity index (χ1n) is 6.07. The van der Waals surface area contributed by atoms with Gasteiger partial charge in [-0.3, -0.25) is 4.79 Å². The van der Waals surface area contributed by atoms with Gasteiger partial charge < -0.3 is 5.73 Å². The third kappa shape index (κ3) is 2.71. The molecule has 98 valence electrons. The number of halogens is 1. The van der Waals surface area contributed by atoms with Crippen molar-refractivity contribution in [2.45, 2.75) is 20.8 Å².